The summed E-state index contributed by atoms with van der Waals surface area (Å²) in [5.74, 6) is 1.11. The number of amides is 1. The number of fused-ring (bicyclic) bond motifs is 2. The van der Waals surface area contributed by atoms with Gasteiger partial charge in [0.15, 0.2) is 0 Å². The molecule has 3 aliphatic rings. The molecule has 1 amide bonds. The summed E-state index contributed by atoms with van der Waals surface area (Å²) in [6.07, 6.45) is 3.40. The Kier molecular flexibility index (Phi) is 7.25. The maximum atomic E-state index is 13.0. The van der Waals surface area contributed by atoms with Crippen LogP contribution in [0.25, 0.3) is 11.3 Å². The van der Waals surface area contributed by atoms with E-state index in [0.717, 1.165) is 24.2 Å². The van der Waals surface area contributed by atoms with Crippen molar-refractivity contribution in [2.45, 2.75) is 95.6 Å². The van der Waals surface area contributed by atoms with Crippen molar-refractivity contribution >= 4 is 39.5 Å². The second kappa shape index (κ2) is 10.0. The Bertz CT molecular complexity index is 1250. The van der Waals surface area contributed by atoms with E-state index in [1.807, 2.05) is 0 Å². The van der Waals surface area contributed by atoms with Crippen LogP contribution in [-0.2, 0) is 26.3 Å². The smallest absolute Gasteiger partial charge is 0.422 e. The predicted octanol–water partition coefficient (Wildman–Crippen LogP) is 5.81. The van der Waals surface area contributed by atoms with Gasteiger partial charge >= 0.3 is 16.3 Å². The van der Waals surface area contributed by atoms with Gasteiger partial charge in [0.25, 0.3) is 0 Å². The molecule has 0 spiro atoms. The van der Waals surface area contributed by atoms with E-state index in [1.54, 1.807) is 39.0 Å². The van der Waals surface area contributed by atoms with E-state index in [4.69, 9.17) is 37.2 Å². The molecule has 1 saturated carbocycles. The molecule has 2 aromatic rings. The molecule has 0 radical (unpaired) electrons. The molecule has 5 rings (SSSR count). The molecular formula is C25H31Cl2N3O6S. The predicted molar refractivity (Wildman–Crippen MR) is 139 cm³/mol. The van der Waals surface area contributed by atoms with Gasteiger partial charge in [-0.1, -0.05) is 34.4 Å². The molecule has 3 fully saturated rings. The van der Waals surface area contributed by atoms with Gasteiger partial charge in [0, 0.05) is 29.1 Å². The molecular weight excluding hydrogens is 541 g/mol. The number of aromatic nitrogens is 1. The standard InChI is InChI=1S/C25H31Cl2N3O6S/c1-25(2,3)35-24(31)29-37(32,33)30-15-9-10-16(30)12-17(11-15)34-13-18-22(28-36-23(18)14-7-8-14)21-19(26)5-4-6-20(21)27/h4-6,14-17H,7-13H2,1-3H3,(H,29,31)/t15-,16+,17?. The van der Waals surface area contributed by atoms with Gasteiger partial charge < -0.3 is 14.0 Å². The molecule has 202 valence electrons. The van der Waals surface area contributed by atoms with E-state index in [9.17, 15) is 13.2 Å². The van der Waals surface area contributed by atoms with Crippen molar-refractivity contribution in [2.75, 3.05) is 0 Å². The van der Waals surface area contributed by atoms with E-state index < -0.39 is 21.9 Å². The van der Waals surface area contributed by atoms with E-state index in [1.165, 1.54) is 4.31 Å². The Labute approximate surface area is 226 Å². The van der Waals surface area contributed by atoms with Crippen molar-refractivity contribution in [3.63, 3.8) is 0 Å². The molecule has 3 heterocycles. The maximum absolute atomic E-state index is 13.0. The first-order valence-electron chi connectivity index (χ1n) is 12.5. The molecule has 2 aliphatic heterocycles. The fraction of sp³-hybridized carbons (Fsp3) is 0.600. The van der Waals surface area contributed by atoms with Crippen molar-refractivity contribution in [1.82, 2.24) is 14.2 Å². The summed E-state index contributed by atoms with van der Waals surface area (Å²) in [5, 5.41) is 5.28. The average Bonchev–Trinajstić information content (AvgIpc) is 3.47. The molecule has 1 N–H and O–H groups in total. The SMILES string of the molecule is CC(C)(C)OC(=O)NS(=O)(=O)N1[C@@H]2CC[C@H]1CC(OCc1c(-c3c(Cl)cccc3Cl)noc1C1CC1)C2. The Balaban J connectivity index is 1.29. The van der Waals surface area contributed by atoms with Gasteiger partial charge in [-0.3, -0.25) is 0 Å². The van der Waals surface area contributed by atoms with Gasteiger partial charge in [0.2, 0.25) is 0 Å². The lowest BCUT2D eigenvalue weighted by Crippen LogP contribution is -2.54. The van der Waals surface area contributed by atoms with E-state index >= 15 is 0 Å². The summed E-state index contributed by atoms with van der Waals surface area (Å²) in [6, 6.07) is 4.79. The molecule has 12 heteroatoms. The van der Waals surface area contributed by atoms with Crippen molar-refractivity contribution in [1.29, 1.82) is 0 Å². The minimum absolute atomic E-state index is 0.151. The number of hydrogen-bond donors (Lipinski definition) is 1. The zero-order valence-corrected chi connectivity index (χ0v) is 23.3. The first-order chi connectivity index (χ1) is 17.4. The summed E-state index contributed by atoms with van der Waals surface area (Å²) in [5.41, 5.74) is 1.25. The summed E-state index contributed by atoms with van der Waals surface area (Å²) in [4.78, 5) is 12.1. The lowest BCUT2D eigenvalue weighted by atomic mass is 10.0. The van der Waals surface area contributed by atoms with Crippen LogP contribution in [-0.4, -0.2) is 47.8 Å². The Morgan fingerprint density at radius 2 is 1.76 bits per heavy atom. The monoisotopic (exact) mass is 571 g/mol. The first kappa shape index (κ1) is 26.7. The molecule has 1 aromatic carbocycles. The lowest BCUT2D eigenvalue weighted by Gasteiger charge is -2.37. The molecule has 37 heavy (non-hydrogen) atoms. The number of rotatable bonds is 7. The van der Waals surface area contributed by atoms with Gasteiger partial charge in [0.1, 0.15) is 17.1 Å². The van der Waals surface area contributed by atoms with Crippen LogP contribution in [0.5, 0.6) is 0 Å². The van der Waals surface area contributed by atoms with Crippen molar-refractivity contribution in [3.8, 4) is 11.3 Å². The third-order valence-electron chi connectivity index (χ3n) is 6.94. The zero-order chi connectivity index (χ0) is 26.5. The van der Waals surface area contributed by atoms with Crippen LogP contribution < -0.4 is 4.72 Å². The van der Waals surface area contributed by atoms with Crippen molar-refractivity contribution in [3.05, 3.63) is 39.6 Å². The third-order valence-corrected chi connectivity index (χ3v) is 9.15. The molecule has 1 aliphatic carbocycles. The quantitative estimate of drug-likeness (QED) is 0.446. The molecule has 2 bridgehead atoms. The van der Waals surface area contributed by atoms with Crippen LogP contribution in [0.15, 0.2) is 22.7 Å². The van der Waals surface area contributed by atoms with Gasteiger partial charge in [0.05, 0.1) is 22.8 Å². The summed E-state index contributed by atoms with van der Waals surface area (Å²) in [7, 11) is -4.04. The number of hydrogen-bond acceptors (Lipinski definition) is 7. The second-order valence-electron chi connectivity index (χ2n) is 11.0. The molecule has 3 atom stereocenters. The third kappa shape index (κ3) is 5.78. The van der Waals surface area contributed by atoms with Crippen LogP contribution in [0.4, 0.5) is 4.79 Å². The maximum Gasteiger partial charge on any atom is 0.422 e. The number of carbonyl (C=O) groups excluding carboxylic acids is 1. The lowest BCUT2D eigenvalue weighted by molar-refractivity contribution is -0.00882. The Hall–Kier alpha value is -1.85. The van der Waals surface area contributed by atoms with Gasteiger partial charge in [-0.05, 0) is 71.4 Å². The number of piperidine rings is 1. The normalized spacial score (nSPS) is 24.3. The highest BCUT2D eigenvalue weighted by Gasteiger charge is 2.48. The molecule has 1 aromatic heterocycles. The highest BCUT2D eigenvalue weighted by molar-refractivity contribution is 7.87. The number of ether oxygens (including phenoxy) is 2. The van der Waals surface area contributed by atoms with Crippen molar-refractivity contribution < 1.29 is 27.2 Å². The number of halogens is 2. The minimum Gasteiger partial charge on any atom is -0.443 e. The Morgan fingerprint density at radius 1 is 1.14 bits per heavy atom. The van der Waals surface area contributed by atoms with Gasteiger partial charge in [-0.2, -0.15) is 12.7 Å². The Morgan fingerprint density at radius 3 is 2.32 bits per heavy atom. The van der Waals surface area contributed by atoms with Crippen molar-refractivity contribution in [2.24, 2.45) is 0 Å². The molecule has 2 saturated heterocycles. The molecule has 9 nitrogen and oxygen atoms in total. The molecule has 1 unspecified atom stereocenters. The number of carbonyl (C=O) groups is 1. The van der Waals surface area contributed by atoms with Crippen LogP contribution in [0.1, 0.15) is 76.5 Å². The van der Waals surface area contributed by atoms with Crippen LogP contribution in [0, 0.1) is 0 Å². The van der Waals surface area contributed by atoms with Crippen LogP contribution >= 0.6 is 23.2 Å². The van der Waals surface area contributed by atoms with E-state index in [2.05, 4.69) is 9.88 Å². The topological polar surface area (TPSA) is 111 Å². The highest BCUT2D eigenvalue weighted by atomic mass is 35.5. The number of nitrogens with zero attached hydrogens (tertiary/aromatic N) is 2. The second-order valence-corrected chi connectivity index (χ2v) is 13.4. The minimum atomic E-state index is -4.04. The fourth-order valence-electron chi connectivity index (χ4n) is 5.32. The van der Waals surface area contributed by atoms with Gasteiger partial charge in [-0.15, -0.1) is 0 Å². The number of nitrogens with one attached hydrogen (secondary N) is 1. The largest absolute Gasteiger partial charge is 0.443 e. The fourth-order valence-corrected chi connectivity index (χ4v) is 7.42. The summed E-state index contributed by atoms with van der Waals surface area (Å²) >= 11 is 12.9. The average molecular weight is 573 g/mol. The summed E-state index contributed by atoms with van der Waals surface area (Å²) < 4.78 is 46.7. The van der Waals surface area contributed by atoms with Crippen LogP contribution in [0.3, 0.4) is 0 Å². The zero-order valence-electron chi connectivity index (χ0n) is 21.0. The summed E-state index contributed by atoms with van der Waals surface area (Å²) in [6.45, 7) is 5.31. The van der Waals surface area contributed by atoms with Crippen LogP contribution in [0.2, 0.25) is 10.0 Å². The first-order valence-corrected chi connectivity index (χ1v) is 14.7. The highest BCUT2D eigenvalue weighted by Crippen LogP contribution is 2.46. The van der Waals surface area contributed by atoms with Gasteiger partial charge in [-0.25, -0.2) is 9.52 Å². The van der Waals surface area contributed by atoms with E-state index in [-0.39, 0.29) is 24.8 Å². The van der Waals surface area contributed by atoms with E-state index in [0.29, 0.717) is 52.9 Å². The number of benzene rings is 1.